The van der Waals surface area contributed by atoms with Crippen LogP contribution in [0.2, 0.25) is 0 Å². The van der Waals surface area contributed by atoms with Crippen molar-refractivity contribution < 1.29 is 4.74 Å². The number of hydrogen-bond acceptors (Lipinski definition) is 3. The first-order valence-electron chi connectivity index (χ1n) is 7.53. The highest BCUT2D eigenvalue weighted by atomic mass is 16.5. The lowest BCUT2D eigenvalue weighted by atomic mass is 10.2. The van der Waals surface area contributed by atoms with Crippen LogP contribution in [0.3, 0.4) is 0 Å². The molecule has 2 heterocycles. The number of nitrogens with zero attached hydrogens (tertiary/aromatic N) is 3. The SMILES string of the molecule is N#Cc1ccc(Oc2ccc(-n3ccc4ccncc43)cc2)cc1. The van der Waals surface area contributed by atoms with Gasteiger partial charge in [-0.3, -0.25) is 4.98 Å². The van der Waals surface area contributed by atoms with Crippen molar-refractivity contribution >= 4 is 10.9 Å². The van der Waals surface area contributed by atoms with Gasteiger partial charge in [-0.15, -0.1) is 0 Å². The Morgan fingerprint density at radius 2 is 1.58 bits per heavy atom. The Morgan fingerprint density at radius 3 is 2.29 bits per heavy atom. The Balaban J connectivity index is 1.59. The smallest absolute Gasteiger partial charge is 0.127 e. The Morgan fingerprint density at radius 1 is 0.875 bits per heavy atom. The van der Waals surface area contributed by atoms with Gasteiger partial charge in [0.2, 0.25) is 0 Å². The van der Waals surface area contributed by atoms with E-state index in [1.165, 1.54) is 0 Å². The average molecular weight is 311 g/mol. The van der Waals surface area contributed by atoms with E-state index in [0.717, 1.165) is 22.3 Å². The van der Waals surface area contributed by atoms with Gasteiger partial charge in [-0.1, -0.05) is 0 Å². The topological polar surface area (TPSA) is 50.8 Å². The maximum absolute atomic E-state index is 8.82. The summed E-state index contributed by atoms with van der Waals surface area (Å²) in [6.07, 6.45) is 5.68. The first kappa shape index (κ1) is 14.0. The molecule has 0 fully saturated rings. The van der Waals surface area contributed by atoms with Crippen molar-refractivity contribution in [2.45, 2.75) is 0 Å². The van der Waals surface area contributed by atoms with E-state index in [0.29, 0.717) is 11.3 Å². The van der Waals surface area contributed by atoms with Crippen molar-refractivity contribution in [3.8, 4) is 23.3 Å². The molecule has 4 heteroatoms. The third-order valence-corrected chi connectivity index (χ3v) is 3.83. The molecule has 2 aromatic heterocycles. The quantitative estimate of drug-likeness (QED) is 0.551. The van der Waals surface area contributed by atoms with Crippen molar-refractivity contribution in [2.75, 3.05) is 0 Å². The van der Waals surface area contributed by atoms with Gasteiger partial charge in [-0.25, -0.2) is 0 Å². The van der Waals surface area contributed by atoms with Crippen LogP contribution in [0.15, 0.2) is 79.3 Å². The minimum atomic E-state index is 0.616. The molecule has 4 rings (SSSR count). The number of ether oxygens (including phenoxy) is 1. The number of aromatic nitrogens is 2. The van der Waals surface area contributed by atoms with E-state index in [9.17, 15) is 0 Å². The van der Waals surface area contributed by atoms with Crippen molar-refractivity contribution in [1.82, 2.24) is 9.55 Å². The Kier molecular flexibility index (Phi) is 3.45. The van der Waals surface area contributed by atoms with Crippen LogP contribution in [0.5, 0.6) is 11.5 Å². The van der Waals surface area contributed by atoms with Crippen molar-refractivity contribution in [3.63, 3.8) is 0 Å². The highest BCUT2D eigenvalue weighted by molar-refractivity contribution is 5.80. The summed E-state index contributed by atoms with van der Waals surface area (Å²) in [5, 5.41) is 9.97. The van der Waals surface area contributed by atoms with Gasteiger partial charge in [-0.2, -0.15) is 5.26 Å². The third-order valence-electron chi connectivity index (χ3n) is 3.83. The summed E-state index contributed by atoms with van der Waals surface area (Å²) < 4.78 is 7.90. The zero-order valence-corrected chi connectivity index (χ0v) is 12.8. The van der Waals surface area contributed by atoms with Gasteiger partial charge >= 0.3 is 0 Å². The first-order chi connectivity index (χ1) is 11.8. The van der Waals surface area contributed by atoms with Crippen molar-refractivity contribution in [2.24, 2.45) is 0 Å². The summed E-state index contributed by atoms with van der Waals surface area (Å²) in [5.41, 5.74) is 2.73. The lowest BCUT2D eigenvalue weighted by molar-refractivity contribution is 0.482. The Bertz CT molecular complexity index is 1030. The van der Waals surface area contributed by atoms with E-state index in [-0.39, 0.29) is 0 Å². The molecule has 4 aromatic rings. The van der Waals surface area contributed by atoms with Gasteiger partial charge in [0, 0.05) is 23.5 Å². The molecule has 0 aliphatic rings. The number of fused-ring (bicyclic) bond motifs is 1. The highest BCUT2D eigenvalue weighted by Crippen LogP contribution is 2.25. The maximum Gasteiger partial charge on any atom is 0.127 e. The molecule has 4 nitrogen and oxygen atoms in total. The average Bonchev–Trinajstić information content (AvgIpc) is 3.07. The molecular formula is C20H13N3O. The van der Waals surface area contributed by atoms with E-state index in [1.807, 2.05) is 42.7 Å². The molecule has 0 unspecified atom stereocenters. The van der Waals surface area contributed by atoms with Gasteiger partial charge in [0.25, 0.3) is 0 Å². The minimum Gasteiger partial charge on any atom is -0.457 e. The standard InChI is InChI=1S/C20H13N3O/c21-13-15-1-5-18(6-2-15)24-19-7-3-17(4-8-19)23-12-10-16-9-11-22-14-20(16)23/h1-12,14H. The summed E-state index contributed by atoms with van der Waals surface area (Å²) in [5.74, 6) is 1.45. The van der Waals surface area contributed by atoms with E-state index in [4.69, 9.17) is 10.00 Å². The highest BCUT2D eigenvalue weighted by Gasteiger charge is 2.04. The van der Waals surface area contributed by atoms with E-state index >= 15 is 0 Å². The number of benzene rings is 2. The molecule has 0 spiro atoms. The first-order valence-corrected chi connectivity index (χ1v) is 7.53. The summed E-state index contributed by atoms with van der Waals surface area (Å²) in [4.78, 5) is 4.19. The van der Waals surface area contributed by atoms with Gasteiger partial charge in [0.15, 0.2) is 0 Å². The van der Waals surface area contributed by atoms with Gasteiger partial charge in [0.05, 0.1) is 23.3 Å². The molecule has 0 aliphatic heterocycles. The number of rotatable bonds is 3. The molecule has 2 aromatic carbocycles. The fraction of sp³-hybridized carbons (Fsp3) is 0. The molecule has 114 valence electrons. The number of nitriles is 1. The zero-order chi connectivity index (χ0) is 16.4. The molecule has 0 atom stereocenters. The zero-order valence-electron chi connectivity index (χ0n) is 12.8. The summed E-state index contributed by atoms with van der Waals surface area (Å²) in [6.45, 7) is 0. The van der Waals surface area contributed by atoms with Crippen LogP contribution >= 0.6 is 0 Å². The van der Waals surface area contributed by atoms with Crippen LogP contribution in [0.1, 0.15) is 5.56 Å². The molecule has 0 saturated heterocycles. The summed E-state index contributed by atoms with van der Waals surface area (Å²) in [7, 11) is 0. The summed E-state index contributed by atoms with van der Waals surface area (Å²) in [6, 6.07) is 21.1. The molecule has 0 saturated carbocycles. The van der Waals surface area contributed by atoms with Gasteiger partial charge < -0.3 is 9.30 Å². The van der Waals surface area contributed by atoms with Crippen molar-refractivity contribution in [3.05, 3.63) is 84.8 Å². The largest absolute Gasteiger partial charge is 0.457 e. The Hall–Kier alpha value is -3.58. The van der Waals surface area contributed by atoms with E-state index in [2.05, 4.69) is 21.7 Å². The molecule has 24 heavy (non-hydrogen) atoms. The molecule has 0 bridgehead atoms. The van der Waals surface area contributed by atoms with Crippen LogP contribution in [0.25, 0.3) is 16.6 Å². The number of hydrogen-bond donors (Lipinski definition) is 0. The predicted octanol–water partition coefficient (Wildman–Crippen LogP) is 4.69. The molecule has 0 amide bonds. The molecule has 0 aliphatic carbocycles. The predicted molar refractivity (Wildman–Crippen MR) is 92.3 cm³/mol. The fourth-order valence-corrected chi connectivity index (χ4v) is 2.61. The second kappa shape index (κ2) is 5.90. The third kappa shape index (κ3) is 2.59. The number of pyridine rings is 1. The fourth-order valence-electron chi connectivity index (χ4n) is 2.61. The molecular weight excluding hydrogens is 298 g/mol. The summed E-state index contributed by atoms with van der Waals surface area (Å²) >= 11 is 0. The van der Waals surface area contributed by atoms with Gasteiger partial charge in [-0.05, 0) is 60.7 Å². The lowest BCUT2D eigenvalue weighted by Crippen LogP contribution is -1.92. The van der Waals surface area contributed by atoms with Crippen molar-refractivity contribution in [1.29, 1.82) is 5.26 Å². The maximum atomic E-state index is 8.82. The van der Waals surface area contributed by atoms with E-state index < -0.39 is 0 Å². The molecule has 0 radical (unpaired) electrons. The monoisotopic (exact) mass is 311 g/mol. The van der Waals surface area contributed by atoms with E-state index in [1.54, 1.807) is 30.5 Å². The van der Waals surface area contributed by atoms with Crippen LogP contribution in [0, 0.1) is 11.3 Å². The van der Waals surface area contributed by atoms with Crippen LogP contribution in [0.4, 0.5) is 0 Å². The second-order valence-electron chi connectivity index (χ2n) is 5.35. The van der Waals surface area contributed by atoms with Gasteiger partial charge in [0.1, 0.15) is 11.5 Å². The lowest BCUT2D eigenvalue weighted by Gasteiger charge is -2.08. The molecule has 0 N–H and O–H groups in total. The van der Waals surface area contributed by atoms with Crippen LogP contribution in [-0.4, -0.2) is 9.55 Å². The minimum absolute atomic E-state index is 0.616. The second-order valence-corrected chi connectivity index (χ2v) is 5.35. The van der Waals surface area contributed by atoms with Crippen LogP contribution < -0.4 is 4.74 Å². The van der Waals surface area contributed by atoms with Crippen LogP contribution in [-0.2, 0) is 0 Å². The normalized spacial score (nSPS) is 10.5. The Labute approximate surface area is 139 Å².